The lowest BCUT2D eigenvalue weighted by Crippen LogP contribution is -2.02. The molecule has 0 saturated heterocycles. The van der Waals surface area contributed by atoms with Gasteiger partial charge in [-0.15, -0.1) is 0 Å². The number of anilines is 1. The van der Waals surface area contributed by atoms with Crippen LogP contribution in [0.4, 0.5) is 5.82 Å². The number of hydrogen-bond donors (Lipinski definition) is 1. The van der Waals surface area contributed by atoms with E-state index in [0.29, 0.717) is 0 Å². The van der Waals surface area contributed by atoms with Crippen LogP contribution in [0.1, 0.15) is 18.9 Å². The van der Waals surface area contributed by atoms with E-state index in [0.717, 1.165) is 33.6 Å². The van der Waals surface area contributed by atoms with Gasteiger partial charge in [0.05, 0.1) is 0 Å². The molecule has 90 valence electrons. The van der Waals surface area contributed by atoms with Crippen LogP contribution in [0.25, 0.3) is 0 Å². The van der Waals surface area contributed by atoms with Crippen molar-refractivity contribution in [3.05, 3.63) is 18.2 Å². The first-order valence-electron chi connectivity index (χ1n) is 5.31. The fourth-order valence-corrected chi connectivity index (χ4v) is 2.95. The molecule has 0 aliphatic carbocycles. The van der Waals surface area contributed by atoms with Crippen molar-refractivity contribution >= 4 is 29.1 Å². The van der Waals surface area contributed by atoms with Crippen LogP contribution in [0.5, 0.6) is 0 Å². The predicted octanol–water partition coefficient (Wildman–Crippen LogP) is 2.47. The lowest BCUT2D eigenvalue weighted by Gasteiger charge is -2.10. The molecule has 2 aromatic heterocycles. The normalized spacial score (nSPS) is 10.5. The van der Waals surface area contributed by atoms with Gasteiger partial charge in [-0.1, -0.05) is 13.3 Å². The summed E-state index contributed by atoms with van der Waals surface area (Å²) in [6.45, 7) is 2.14. The van der Waals surface area contributed by atoms with Crippen molar-refractivity contribution in [3.8, 4) is 0 Å². The van der Waals surface area contributed by atoms with Gasteiger partial charge in [-0.05, 0) is 29.7 Å². The molecule has 0 unspecified atom stereocenters. The van der Waals surface area contributed by atoms with Gasteiger partial charge < -0.3 is 5.32 Å². The highest BCUT2D eigenvalue weighted by Gasteiger charge is 2.12. The van der Waals surface area contributed by atoms with Crippen LogP contribution in [0.15, 0.2) is 22.0 Å². The van der Waals surface area contributed by atoms with Crippen LogP contribution in [0, 0.1) is 0 Å². The van der Waals surface area contributed by atoms with Gasteiger partial charge >= 0.3 is 0 Å². The molecule has 0 radical (unpaired) electrons. The molecule has 0 aliphatic rings. The SMILES string of the molecule is CCCc1c(NC)ncnc1Sc1ncns1. The summed E-state index contributed by atoms with van der Waals surface area (Å²) in [4.78, 5) is 12.7. The number of nitrogens with one attached hydrogen (secondary N) is 1. The molecule has 1 N–H and O–H groups in total. The fraction of sp³-hybridized carbons (Fsp3) is 0.400. The van der Waals surface area contributed by atoms with Crippen molar-refractivity contribution in [1.29, 1.82) is 0 Å². The van der Waals surface area contributed by atoms with Crippen molar-refractivity contribution in [2.24, 2.45) is 0 Å². The zero-order chi connectivity index (χ0) is 12.1. The van der Waals surface area contributed by atoms with E-state index in [4.69, 9.17) is 0 Å². The Hall–Kier alpha value is -1.21. The molecule has 7 heteroatoms. The van der Waals surface area contributed by atoms with E-state index in [1.807, 2.05) is 7.05 Å². The highest BCUT2D eigenvalue weighted by molar-refractivity contribution is 8.00. The minimum Gasteiger partial charge on any atom is -0.373 e. The van der Waals surface area contributed by atoms with E-state index in [-0.39, 0.29) is 0 Å². The number of rotatable bonds is 5. The molecule has 0 atom stereocenters. The third-order valence-corrected chi connectivity index (χ3v) is 3.93. The molecule has 17 heavy (non-hydrogen) atoms. The monoisotopic (exact) mass is 267 g/mol. The molecule has 0 bridgehead atoms. The average molecular weight is 267 g/mol. The Kier molecular flexibility index (Phi) is 4.27. The molecule has 2 heterocycles. The summed E-state index contributed by atoms with van der Waals surface area (Å²) in [6, 6.07) is 0. The van der Waals surface area contributed by atoms with Gasteiger partial charge in [0, 0.05) is 12.6 Å². The Morgan fingerprint density at radius 2 is 2.18 bits per heavy atom. The minimum atomic E-state index is 0.897. The minimum absolute atomic E-state index is 0.897. The van der Waals surface area contributed by atoms with E-state index in [9.17, 15) is 0 Å². The maximum Gasteiger partial charge on any atom is 0.176 e. The smallest absolute Gasteiger partial charge is 0.176 e. The summed E-state index contributed by atoms with van der Waals surface area (Å²) >= 11 is 2.92. The Bertz CT molecular complexity index is 472. The molecular weight excluding hydrogens is 254 g/mol. The Morgan fingerprint density at radius 1 is 1.29 bits per heavy atom. The molecule has 0 spiro atoms. The lowest BCUT2D eigenvalue weighted by atomic mass is 10.2. The first-order chi connectivity index (χ1) is 8.35. The second-order valence-corrected chi connectivity index (χ2v) is 5.33. The molecule has 2 aromatic rings. The van der Waals surface area contributed by atoms with E-state index in [1.165, 1.54) is 11.5 Å². The molecule has 2 rings (SSSR count). The highest BCUT2D eigenvalue weighted by atomic mass is 32.2. The molecular formula is C10H13N5S2. The molecule has 0 aromatic carbocycles. The second kappa shape index (κ2) is 5.92. The predicted molar refractivity (Wildman–Crippen MR) is 69.6 cm³/mol. The first-order valence-corrected chi connectivity index (χ1v) is 6.90. The zero-order valence-corrected chi connectivity index (χ0v) is 11.3. The van der Waals surface area contributed by atoms with Crippen molar-refractivity contribution in [2.45, 2.75) is 29.1 Å². The van der Waals surface area contributed by atoms with Crippen LogP contribution in [0.3, 0.4) is 0 Å². The van der Waals surface area contributed by atoms with Crippen molar-refractivity contribution in [2.75, 3.05) is 12.4 Å². The van der Waals surface area contributed by atoms with Crippen molar-refractivity contribution in [1.82, 2.24) is 19.3 Å². The van der Waals surface area contributed by atoms with Crippen LogP contribution in [0.2, 0.25) is 0 Å². The van der Waals surface area contributed by atoms with Gasteiger partial charge in [0.15, 0.2) is 4.34 Å². The third kappa shape index (κ3) is 2.92. The Morgan fingerprint density at radius 3 is 2.82 bits per heavy atom. The van der Waals surface area contributed by atoms with Crippen molar-refractivity contribution in [3.63, 3.8) is 0 Å². The number of aromatic nitrogens is 4. The zero-order valence-electron chi connectivity index (χ0n) is 9.67. The summed E-state index contributed by atoms with van der Waals surface area (Å²) in [5.74, 6) is 0.897. The largest absolute Gasteiger partial charge is 0.373 e. The summed E-state index contributed by atoms with van der Waals surface area (Å²) in [7, 11) is 1.88. The van der Waals surface area contributed by atoms with E-state index in [1.54, 1.807) is 24.4 Å². The average Bonchev–Trinajstić information content (AvgIpc) is 2.84. The molecule has 0 fully saturated rings. The maximum absolute atomic E-state index is 4.33. The molecule has 0 saturated carbocycles. The highest BCUT2D eigenvalue weighted by Crippen LogP contribution is 2.32. The van der Waals surface area contributed by atoms with Crippen LogP contribution < -0.4 is 5.32 Å². The molecule has 0 aliphatic heterocycles. The summed E-state index contributed by atoms with van der Waals surface area (Å²) < 4.78 is 4.89. The second-order valence-electron chi connectivity index (χ2n) is 3.32. The van der Waals surface area contributed by atoms with Crippen LogP contribution >= 0.6 is 23.3 Å². The Labute approximate surface area is 108 Å². The van der Waals surface area contributed by atoms with Gasteiger partial charge in [-0.2, -0.15) is 4.37 Å². The third-order valence-electron chi connectivity index (χ3n) is 2.17. The van der Waals surface area contributed by atoms with E-state index in [2.05, 4.69) is 31.6 Å². The van der Waals surface area contributed by atoms with Gasteiger partial charge in [-0.3, -0.25) is 0 Å². The van der Waals surface area contributed by atoms with Gasteiger partial charge in [0.2, 0.25) is 0 Å². The van der Waals surface area contributed by atoms with Crippen molar-refractivity contribution < 1.29 is 0 Å². The topological polar surface area (TPSA) is 63.6 Å². The fourth-order valence-electron chi connectivity index (χ4n) is 1.47. The summed E-state index contributed by atoms with van der Waals surface area (Å²) in [6.07, 6.45) is 5.16. The van der Waals surface area contributed by atoms with E-state index < -0.39 is 0 Å². The summed E-state index contributed by atoms with van der Waals surface area (Å²) in [5.41, 5.74) is 1.15. The first kappa shape index (κ1) is 12.3. The van der Waals surface area contributed by atoms with Gasteiger partial charge in [0.1, 0.15) is 23.5 Å². The molecule has 5 nitrogen and oxygen atoms in total. The van der Waals surface area contributed by atoms with Gasteiger partial charge in [0.25, 0.3) is 0 Å². The quantitative estimate of drug-likeness (QED) is 0.840. The van der Waals surface area contributed by atoms with E-state index >= 15 is 0 Å². The van der Waals surface area contributed by atoms with Gasteiger partial charge in [-0.25, -0.2) is 15.0 Å². The Balaban J connectivity index is 2.31. The standard InChI is InChI=1S/C10H13N5S2/c1-3-4-7-8(11-2)12-5-13-9(7)16-10-14-6-15-17-10/h5-6H,3-4H2,1-2H3,(H,11,12,13). The van der Waals surface area contributed by atoms with Crippen LogP contribution in [-0.4, -0.2) is 26.4 Å². The summed E-state index contributed by atoms with van der Waals surface area (Å²) in [5, 5.41) is 4.06. The number of nitrogens with zero attached hydrogens (tertiary/aromatic N) is 4. The molecule has 0 amide bonds. The van der Waals surface area contributed by atoms with Crippen LogP contribution in [-0.2, 0) is 6.42 Å². The number of hydrogen-bond acceptors (Lipinski definition) is 7. The lowest BCUT2D eigenvalue weighted by molar-refractivity contribution is 0.858. The maximum atomic E-state index is 4.33.